The number of benzene rings is 3. The number of rotatable bonds is 10. The summed E-state index contributed by atoms with van der Waals surface area (Å²) in [4.78, 5) is 13.0. The van der Waals surface area contributed by atoms with E-state index in [9.17, 15) is 21.6 Å². The molecule has 1 saturated heterocycles. The third-order valence-electron chi connectivity index (χ3n) is 5.95. The molecule has 0 spiro atoms. The predicted octanol–water partition coefficient (Wildman–Crippen LogP) is 4.12. The van der Waals surface area contributed by atoms with Gasteiger partial charge in [-0.2, -0.15) is 4.31 Å². The Kier molecular flexibility index (Phi) is 8.93. The molecule has 0 unspecified atom stereocenters. The van der Waals surface area contributed by atoms with E-state index in [1.54, 1.807) is 30.3 Å². The van der Waals surface area contributed by atoms with Gasteiger partial charge in [0.2, 0.25) is 10.0 Å². The number of amides is 1. The SMILES string of the molecule is O=C(NCCOc1ccc(S(=O)(=O)N2CCCCC2)cc1)c1cc(NS(=O)(=O)c2ccccc2)ccc1Cl. The Morgan fingerprint density at radius 1 is 0.868 bits per heavy atom. The van der Waals surface area contributed by atoms with Crippen LogP contribution in [0.5, 0.6) is 5.75 Å². The second kappa shape index (κ2) is 12.2. The van der Waals surface area contributed by atoms with Crippen molar-refractivity contribution in [3.05, 3.63) is 83.4 Å². The van der Waals surface area contributed by atoms with E-state index in [0.717, 1.165) is 19.3 Å². The summed E-state index contributed by atoms with van der Waals surface area (Å²) in [5.74, 6) is -0.0328. The van der Waals surface area contributed by atoms with E-state index < -0.39 is 26.0 Å². The van der Waals surface area contributed by atoms with E-state index in [4.69, 9.17) is 16.3 Å². The van der Waals surface area contributed by atoms with Crippen LogP contribution in [-0.4, -0.2) is 53.3 Å². The number of ether oxygens (including phenoxy) is 1. The molecule has 12 heteroatoms. The van der Waals surface area contributed by atoms with Crippen molar-refractivity contribution in [2.24, 2.45) is 0 Å². The van der Waals surface area contributed by atoms with Crippen molar-refractivity contribution in [1.29, 1.82) is 0 Å². The first-order valence-electron chi connectivity index (χ1n) is 12.1. The van der Waals surface area contributed by atoms with Crippen molar-refractivity contribution in [2.75, 3.05) is 31.0 Å². The highest BCUT2D eigenvalue weighted by Gasteiger charge is 2.25. The van der Waals surface area contributed by atoms with Gasteiger partial charge in [0.15, 0.2) is 0 Å². The average molecular weight is 578 g/mol. The maximum atomic E-state index is 12.8. The predicted molar refractivity (Wildman–Crippen MR) is 146 cm³/mol. The van der Waals surface area contributed by atoms with Crippen molar-refractivity contribution in [1.82, 2.24) is 9.62 Å². The number of sulfonamides is 2. The first-order valence-corrected chi connectivity index (χ1v) is 15.4. The molecule has 1 heterocycles. The van der Waals surface area contributed by atoms with Crippen LogP contribution in [0.1, 0.15) is 29.6 Å². The van der Waals surface area contributed by atoms with Crippen LogP contribution >= 0.6 is 11.6 Å². The Bertz CT molecular complexity index is 1480. The standard InChI is InChI=1S/C26H28ClN3O6S2/c27-25-14-9-20(29-37(32,33)22-7-3-1-4-8-22)19-24(25)26(31)28-15-18-36-21-10-12-23(13-11-21)38(34,35)30-16-5-2-6-17-30/h1,3-4,7-14,19,29H,2,5-6,15-18H2,(H,28,31). The lowest BCUT2D eigenvalue weighted by Gasteiger charge is -2.25. The zero-order valence-electron chi connectivity index (χ0n) is 20.5. The lowest BCUT2D eigenvalue weighted by atomic mass is 10.2. The molecule has 3 aromatic carbocycles. The van der Waals surface area contributed by atoms with E-state index >= 15 is 0 Å². The quantitative estimate of drug-likeness (QED) is 0.350. The van der Waals surface area contributed by atoms with Crippen LogP contribution in [0.3, 0.4) is 0 Å². The Morgan fingerprint density at radius 3 is 2.24 bits per heavy atom. The summed E-state index contributed by atoms with van der Waals surface area (Å²) in [5.41, 5.74) is 0.298. The molecular formula is C26H28ClN3O6S2. The minimum Gasteiger partial charge on any atom is -0.492 e. The Labute approximate surface area is 227 Å². The van der Waals surface area contributed by atoms with Gasteiger partial charge < -0.3 is 10.1 Å². The molecule has 4 rings (SSSR count). The summed E-state index contributed by atoms with van der Waals surface area (Å²) in [5, 5.41) is 2.85. The lowest BCUT2D eigenvalue weighted by Crippen LogP contribution is -2.35. The molecule has 0 bridgehead atoms. The second-order valence-corrected chi connectivity index (χ2v) is 12.7. The molecule has 0 radical (unpaired) electrons. The molecule has 1 aliphatic rings. The van der Waals surface area contributed by atoms with Gasteiger partial charge in [-0.05, 0) is 67.4 Å². The van der Waals surface area contributed by atoms with Crippen LogP contribution in [0.2, 0.25) is 5.02 Å². The Balaban J connectivity index is 1.30. The molecule has 1 aliphatic heterocycles. The molecule has 9 nitrogen and oxygen atoms in total. The minimum atomic E-state index is -3.82. The smallest absolute Gasteiger partial charge is 0.261 e. The van der Waals surface area contributed by atoms with Gasteiger partial charge in [-0.25, -0.2) is 16.8 Å². The number of halogens is 1. The molecule has 0 atom stereocenters. The van der Waals surface area contributed by atoms with Gasteiger partial charge in [-0.1, -0.05) is 36.2 Å². The first-order chi connectivity index (χ1) is 18.2. The lowest BCUT2D eigenvalue weighted by molar-refractivity contribution is 0.0947. The summed E-state index contributed by atoms with van der Waals surface area (Å²) in [6.45, 7) is 1.34. The maximum Gasteiger partial charge on any atom is 0.261 e. The Hall–Kier alpha value is -3.12. The zero-order chi connectivity index (χ0) is 27.2. The molecule has 38 heavy (non-hydrogen) atoms. The number of hydrogen-bond acceptors (Lipinski definition) is 6. The highest BCUT2D eigenvalue weighted by atomic mass is 35.5. The topological polar surface area (TPSA) is 122 Å². The molecule has 3 aromatic rings. The van der Waals surface area contributed by atoms with Crippen LogP contribution < -0.4 is 14.8 Å². The summed E-state index contributed by atoms with van der Waals surface area (Å²) in [6.07, 6.45) is 2.77. The van der Waals surface area contributed by atoms with Gasteiger partial charge in [0, 0.05) is 18.8 Å². The third-order valence-corrected chi connectivity index (χ3v) is 9.59. The van der Waals surface area contributed by atoms with E-state index in [-0.39, 0.29) is 39.2 Å². The first kappa shape index (κ1) is 27.9. The zero-order valence-corrected chi connectivity index (χ0v) is 22.9. The molecule has 1 amide bonds. The van der Waals surface area contributed by atoms with Gasteiger partial charge in [0.1, 0.15) is 12.4 Å². The largest absolute Gasteiger partial charge is 0.492 e. The summed E-state index contributed by atoms with van der Waals surface area (Å²) in [6, 6.07) is 18.3. The van der Waals surface area contributed by atoms with Crippen molar-refractivity contribution in [3.8, 4) is 5.75 Å². The molecule has 1 fully saturated rings. The fourth-order valence-electron chi connectivity index (χ4n) is 3.97. The highest BCUT2D eigenvalue weighted by molar-refractivity contribution is 7.92. The van der Waals surface area contributed by atoms with E-state index in [1.807, 2.05) is 0 Å². The van der Waals surface area contributed by atoms with Crippen molar-refractivity contribution in [2.45, 2.75) is 29.1 Å². The van der Waals surface area contributed by atoms with E-state index in [2.05, 4.69) is 10.0 Å². The summed E-state index contributed by atoms with van der Waals surface area (Å²) < 4.78 is 60.2. The Morgan fingerprint density at radius 2 is 1.55 bits per heavy atom. The van der Waals surface area contributed by atoms with Crippen LogP contribution in [0, 0.1) is 0 Å². The van der Waals surface area contributed by atoms with Crippen LogP contribution in [0.25, 0.3) is 0 Å². The van der Waals surface area contributed by atoms with Gasteiger partial charge in [-0.15, -0.1) is 0 Å². The average Bonchev–Trinajstić information content (AvgIpc) is 2.93. The highest BCUT2D eigenvalue weighted by Crippen LogP contribution is 2.24. The number of nitrogens with zero attached hydrogens (tertiary/aromatic N) is 1. The van der Waals surface area contributed by atoms with E-state index in [1.165, 1.54) is 46.8 Å². The van der Waals surface area contributed by atoms with E-state index in [0.29, 0.717) is 18.8 Å². The summed E-state index contributed by atoms with van der Waals surface area (Å²) in [7, 11) is -7.34. The van der Waals surface area contributed by atoms with Crippen LogP contribution in [0.4, 0.5) is 5.69 Å². The van der Waals surface area contributed by atoms with Gasteiger partial charge in [0.05, 0.1) is 26.9 Å². The number of anilines is 1. The van der Waals surface area contributed by atoms with Gasteiger partial charge in [0.25, 0.3) is 15.9 Å². The number of carbonyl (C=O) groups is 1. The maximum absolute atomic E-state index is 12.8. The second-order valence-electron chi connectivity index (χ2n) is 8.65. The monoisotopic (exact) mass is 577 g/mol. The molecule has 0 aliphatic carbocycles. The molecular weight excluding hydrogens is 550 g/mol. The number of carbonyl (C=O) groups excluding carboxylic acids is 1. The normalized spacial score (nSPS) is 14.6. The third kappa shape index (κ3) is 6.84. The fraction of sp³-hybridized carbons (Fsp3) is 0.269. The number of piperidine rings is 1. The minimum absolute atomic E-state index is 0.0928. The summed E-state index contributed by atoms with van der Waals surface area (Å²) >= 11 is 6.17. The molecule has 0 saturated carbocycles. The van der Waals surface area contributed by atoms with Crippen molar-refractivity contribution in [3.63, 3.8) is 0 Å². The van der Waals surface area contributed by atoms with Crippen LogP contribution in [0.15, 0.2) is 82.6 Å². The van der Waals surface area contributed by atoms with Crippen LogP contribution in [-0.2, 0) is 20.0 Å². The molecule has 2 N–H and O–H groups in total. The number of nitrogens with one attached hydrogen (secondary N) is 2. The van der Waals surface area contributed by atoms with Gasteiger partial charge >= 0.3 is 0 Å². The molecule has 202 valence electrons. The van der Waals surface area contributed by atoms with Crippen molar-refractivity contribution < 1.29 is 26.4 Å². The molecule has 0 aromatic heterocycles. The number of hydrogen-bond donors (Lipinski definition) is 2. The van der Waals surface area contributed by atoms with Crippen molar-refractivity contribution >= 4 is 43.2 Å². The fourth-order valence-corrected chi connectivity index (χ4v) is 6.76. The van der Waals surface area contributed by atoms with Gasteiger partial charge in [-0.3, -0.25) is 9.52 Å².